The van der Waals surface area contributed by atoms with E-state index in [1.54, 1.807) is 32.4 Å². The second kappa shape index (κ2) is 8.57. The lowest BCUT2D eigenvalue weighted by molar-refractivity contribution is -0.118. The van der Waals surface area contributed by atoms with Crippen molar-refractivity contribution in [3.05, 3.63) is 66.7 Å². The van der Waals surface area contributed by atoms with Crippen LogP contribution in [0.15, 0.2) is 66.7 Å². The van der Waals surface area contributed by atoms with Crippen molar-refractivity contribution in [1.29, 1.82) is 0 Å². The highest BCUT2D eigenvalue weighted by Gasteiger charge is 2.13. The monoisotopic (exact) mass is 403 g/mol. The van der Waals surface area contributed by atoms with Crippen LogP contribution in [0.5, 0.6) is 17.2 Å². The third kappa shape index (κ3) is 4.05. The van der Waals surface area contributed by atoms with Gasteiger partial charge in [-0.15, -0.1) is 0 Å². The van der Waals surface area contributed by atoms with Crippen LogP contribution in [0.2, 0.25) is 0 Å². The van der Waals surface area contributed by atoms with Crippen molar-refractivity contribution in [1.82, 2.24) is 9.97 Å². The lowest BCUT2D eigenvalue weighted by atomic mass is 10.2. The number of benzene rings is 3. The number of carbonyl (C=O) groups is 1. The summed E-state index contributed by atoms with van der Waals surface area (Å²) in [6.07, 6.45) is 0. The zero-order chi connectivity index (χ0) is 20.9. The lowest BCUT2D eigenvalue weighted by Crippen LogP contribution is -2.20. The fourth-order valence-corrected chi connectivity index (χ4v) is 3.10. The number of hydrogen-bond donors (Lipinski definition) is 2. The van der Waals surface area contributed by atoms with E-state index in [4.69, 9.17) is 14.2 Å². The number of ether oxygens (including phenoxy) is 3. The summed E-state index contributed by atoms with van der Waals surface area (Å²) in [5.74, 6) is 1.99. The number of nitrogens with zero attached hydrogens (tertiary/aromatic N) is 1. The average molecular weight is 403 g/mol. The Balaban J connectivity index is 1.47. The van der Waals surface area contributed by atoms with Crippen LogP contribution in [0.1, 0.15) is 0 Å². The molecule has 3 aromatic carbocycles. The first kappa shape index (κ1) is 19.3. The molecule has 1 aromatic heterocycles. The fourth-order valence-electron chi connectivity index (χ4n) is 3.10. The van der Waals surface area contributed by atoms with Gasteiger partial charge in [0.15, 0.2) is 18.1 Å². The van der Waals surface area contributed by atoms with Crippen molar-refractivity contribution in [3.63, 3.8) is 0 Å². The second-order valence-corrected chi connectivity index (χ2v) is 6.51. The molecular formula is C23H21N3O4. The Morgan fingerprint density at radius 1 is 0.933 bits per heavy atom. The summed E-state index contributed by atoms with van der Waals surface area (Å²) in [4.78, 5) is 20.2. The Bertz CT molecular complexity index is 1150. The fraction of sp³-hybridized carbons (Fsp3) is 0.130. The van der Waals surface area contributed by atoms with Gasteiger partial charge in [0.25, 0.3) is 5.91 Å². The number of methoxy groups -OCH3 is 2. The molecule has 0 aliphatic rings. The molecule has 0 unspecified atom stereocenters. The molecule has 0 aliphatic heterocycles. The number of para-hydroxylation sites is 4. The zero-order valence-electron chi connectivity index (χ0n) is 16.6. The molecule has 4 aromatic rings. The van der Waals surface area contributed by atoms with Crippen LogP contribution in [-0.4, -0.2) is 36.7 Å². The highest BCUT2D eigenvalue weighted by molar-refractivity contribution is 5.93. The molecule has 7 nitrogen and oxygen atoms in total. The first-order chi connectivity index (χ1) is 14.7. The van der Waals surface area contributed by atoms with Crippen molar-refractivity contribution in [2.45, 2.75) is 0 Å². The van der Waals surface area contributed by atoms with Crippen molar-refractivity contribution in [3.8, 4) is 28.6 Å². The zero-order valence-corrected chi connectivity index (χ0v) is 16.6. The maximum absolute atomic E-state index is 12.3. The van der Waals surface area contributed by atoms with Crippen LogP contribution in [0.4, 0.5) is 5.69 Å². The molecule has 1 amide bonds. The maximum Gasteiger partial charge on any atom is 0.262 e. The third-order valence-electron chi connectivity index (χ3n) is 4.57. The number of H-pyrrole nitrogens is 1. The molecule has 0 atom stereocenters. The van der Waals surface area contributed by atoms with Gasteiger partial charge in [-0.25, -0.2) is 4.98 Å². The highest BCUT2D eigenvalue weighted by atomic mass is 16.5. The Hall–Kier alpha value is -4.00. The van der Waals surface area contributed by atoms with E-state index in [9.17, 15) is 4.79 Å². The minimum atomic E-state index is -0.303. The van der Waals surface area contributed by atoms with Gasteiger partial charge in [-0.3, -0.25) is 4.79 Å². The summed E-state index contributed by atoms with van der Waals surface area (Å²) < 4.78 is 16.4. The predicted octanol–water partition coefficient (Wildman–Crippen LogP) is 4.26. The van der Waals surface area contributed by atoms with E-state index >= 15 is 0 Å². The molecule has 1 heterocycles. The van der Waals surface area contributed by atoms with Gasteiger partial charge < -0.3 is 24.5 Å². The molecule has 0 spiro atoms. The van der Waals surface area contributed by atoms with Gasteiger partial charge in [0, 0.05) is 5.56 Å². The second-order valence-electron chi connectivity index (χ2n) is 6.51. The van der Waals surface area contributed by atoms with Gasteiger partial charge in [-0.05, 0) is 42.5 Å². The molecule has 0 bridgehead atoms. The summed E-state index contributed by atoms with van der Waals surface area (Å²) in [6, 6.07) is 20.5. The number of fused-ring (bicyclic) bond motifs is 1. The first-order valence-electron chi connectivity index (χ1n) is 9.37. The van der Waals surface area contributed by atoms with Crippen LogP contribution in [-0.2, 0) is 4.79 Å². The molecule has 0 radical (unpaired) electrons. The molecule has 7 heteroatoms. The molecule has 0 fully saturated rings. The van der Waals surface area contributed by atoms with Gasteiger partial charge >= 0.3 is 0 Å². The van der Waals surface area contributed by atoms with Crippen LogP contribution in [0.25, 0.3) is 22.4 Å². The molecule has 0 saturated heterocycles. The number of aromatic nitrogens is 2. The van der Waals surface area contributed by atoms with Gasteiger partial charge in [0.2, 0.25) is 0 Å². The van der Waals surface area contributed by atoms with E-state index in [0.717, 1.165) is 22.4 Å². The topological polar surface area (TPSA) is 85.5 Å². The number of nitrogens with one attached hydrogen (secondary N) is 2. The summed E-state index contributed by atoms with van der Waals surface area (Å²) in [5, 5.41) is 2.78. The summed E-state index contributed by atoms with van der Waals surface area (Å²) in [6.45, 7) is -0.168. The molecule has 30 heavy (non-hydrogen) atoms. The standard InChI is InChI=1S/C23H21N3O4/c1-28-19-10-6-5-9-18(19)24-22(27)14-30-20-12-11-15(13-21(20)29-2)23-25-16-7-3-4-8-17(16)26-23/h3-13H,14H2,1-2H3,(H,24,27)(H,25,26). The molecular weight excluding hydrogens is 382 g/mol. The Morgan fingerprint density at radius 2 is 1.70 bits per heavy atom. The molecule has 152 valence electrons. The van der Waals surface area contributed by atoms with E-state index in [1.165, 1.54) is 0 Å². The molecule has 0 saturated carbocycles. The van der Waals surface area contributed by atoms with Gasteiger partial charge in [0.1, 0.15) is 11.6 Å². The van der Waals surface area contributed by atoms with E-state index in [2.05, 4.69) is 15.3 Å². The highest BCUT2D eigenvalue weighted by Crippen LogP contribution is 2.32. The minimum Gasteiger partial charge on any atom is -0.495 e. The molecule has 4 rings (SSSR count). The van der Waals surface area contributed by atoms with Crippen LogP contribution in [0, 0.1) is 0 Å². The third-order valence-corrected chi connectivity index (χ3v) is 4.57. The quantitative estimate of drug-likeness (QED) is 0.481. The van der Waals surface area contributed by atoms with Crippen LogP contribution in [0.3, 0.4) is 0 Å². The molecule has 2 N–H and O–H groups in total. The molecule has 0 aliphatic carbocycles. The smallest absolute Gasteiger partial charge is 0.262 e. The van der Waals surface area contributed by atoms with Crippen molar-refractivity contribution >= 4 is 22.6 Å². The van der Waals surface area contributed by atoms with Gasteiger partial charge in [0.05, 0.1) is 30.9 Å². The predicted molar refractivity (Wildman–Crippen MR) is 115 cm³/mol. The van der Waals surface area contributed by atoms with Crippen LogP contribution < -0.4 is 19.5 Å². The SMILES string of the molecule is COc1ccccc1NC(=O)COc1ccc(-c2nc3ccccc3[nH]2)cc1OC. The number of carbonyl (C=O) groups excluding carboxylic acids is 1. The largest absolute Gasteiger partial charge is 0.495 e. The van der Waals surface area contributed by atoms with E-state index in [-0.39, 0.29) is 12.5 Å². The summed E-state index contributed by atoms with van der Waals surface area (Å²) in [7, 11) is 3.11. The van der Waals surface area contributed by atoms with E-state index in [1.807, 2.05) is 48.5 Å². The number of hydrogen-bond acceptors (Lipinski definition) is 5. The van der Waals surface area contributed by atoms with E-state index in [0.29, 0.717) is 22.9 Å². The Kier molecular flexibility index (Phi) is 5.52. The first-order valence-corrected chi connectivity index (χ1v) is 9.37. The Morgan fingerprint density at radius 3 is 2.50 bits per heavy atom. The number of aromatic amines is 1. The number of imidazole rings is 1. The van der Waals surface area contributed by atoms with Gasteiger partial charge in [-0.2, -0.15) is 0 Å². The van der Waals surface area contributed by atoms with Crippen LogP contribution >= 0.6 is 0 Å². The summed E-state index contributed by atoms with van der Waals surface area (Å²) >= 11 is 0. The average Bonchev–Trinajstić information content (AvgIpc) is 3.22. The Labute approximate surface area is 173 Å². The van der Waals surface area contributed by atoms with Crippen molar-refractivity contribution in [2.75, 3.05) is 26.1 Å². The minimum absolute atomic E-state index is 0.168. The number of amides is 1. The number of anilines is 1. The van der Waals surface area contributed by atoms with Crippen molar-refractivity contribution < 1.29 is 19.0 Å². The summed E-state index contributed by atoms with van der Waals surface area (Å²) in [5.41, 5.74) is 3.29. The van der Waals surface area contributed by atoms with Gasteiger partial charge in [-0.1, -0.05) is 24.3 Å². The van der Waals surface area contributed by atoms with Crippen molar-refractivity contribution in [2.24, 2.45) is 0 Å². The maximum atomic E-state index is 12.3. The normalized spacial score (nSPS) is 10.6. The number of rotatable bonds is 7. The van der Waals surface area contributed by atoms with E-state index < -0.39 is 0 Å². The lowest BCUT2D eigenvalue weighted by Gasteiger charge is -2.13.